The van der Waals surface area contributed by atoms with Crippen LogP contribution in [0, 0.1) is 0 Å². The monoisotopic (exact) mass is 229 g/mol. The number of nitrogens with two attached hydrogens (primary N) is 1. The Morgan fingerprint density at radius 1 is 1.06 bits per heavy atom. The van der Waals surface area contributed by atoms with Crippen molar-refractivity contribution in [1.82, 2.24) is 0 Å². The molecule has 0 saturated carbocycles. The van der Waals surface area contributed by atoms with Gasteiger partial charge in [0, 0.05) is 11.3 Å². The molecule has 0 aliphatic rings. The summed E-state index contributed by atoms with van der Waals surface area (Å²) in [5, 5.41) is 18.0. The lowest BCUT2D eigenvalue weighted by Gasteiger charge is -2.07. The molecule has 4 heteroatoms. The van der Waals surface area contributed by atoms with Gasteiger partial charge in [-0.05, 0) is 29.8 Å². The number of benzene rings is 2. The van der Waals surface area contributed by atoms with Gasteiger partial charge < -0.3 is 15.9 Å². The molecule has 4 nitrogen and oxygen atoms in total. The van der Waals surface area contributed by atoms with Crippen LogP contribution in [-0.2, 0) is 0 Å². The van der Waals surface area contributed by atoms with Gasteiger partial charge in [0.2, 0.25) is 0 Å². The maximum absolute atomic E-state index is 10.8. The van der Waals surface area contributed by atoms with Gasteiger partial charge in [-0.2, -0.15) is 0 Å². The predicted molar refractivity (Wildman–Crippen MR) is 64.9 cm³/mol. The van der Waals surface area contributed by atoms with Crippen LogP contribution in [0.1, 0.15) is 10.4 Å². The highest BCUT2D eigenvalue weighted by Crippen LogP contribution is 2.28. The smallest absolute Gasteiger partial charge is 0.335 e. The van der Waals surface area contributed by atoms with E-state index in [-0.39, 0.29) is 11.3 Å². The largest absolute Gasteiger partial charge is 0.508 e. The molecule has 2 rings (SSSR count). The quantitative estimate of drug-likeness (QED) is 0.690. The van der Waals surface area contributed by atoms with E-state index >= 15 is 0 Å². The number of phenols is 1. The van der Waals surface area contributed by atoms with Gasteiger partial charge in [-0.3, -0.25) is 0 Å². The Labute approximate surface area is 97.9 Å². The fourth-order valence-corrected chi connectivity index (χ4v) is 1.60. The van der Waals surface area contributed by atoms with Crippen molar-refractivity contribution in [3.05, 3.63) is 48.0 Å². The summed E-state index contributed by atoms with van der Waals surface area (Å²) in [5.74, 6) is -0.830. The van der Waals surface area contributed by atoms with Crippen LogP contribution >= 0.6 is 0 Å². The SMILES string of the molecule is Nc1cc(C(=O)O)ccc1-c1ccc(O)cc1. The Morgan fingerprint density at radius 2 is 1.71 bits per heavy atom. The summed E-state index contributed by atoms with van der Waals surface area (Å²) < 4.78 is 0. The third kappa shape index (κ3) is 2.20. The van der Waals surface area contributed by atoms with Gasteiger partial charge in [0.25, 0.3) is 0 Å². The maximum Gasteiger partial charge on any atom is 0.335 e. The zero-order chi connectivity index (χ0) is 12.4. The fourth-order valence-electron chi connectivity index (χ4n) is 1.60. The van der Waals surface area contributed by atoms with Gasteiger partial charge in [-0.15, -0.1) is 0 Å². The molecule has 0 atom stereocenters. The second-order valence-electron chi connectivity index (χ2n) is 3.65. The molecule has 2 aromatic rings. The van der Waals surface area contributed by atoms with E-state index in [0.717, 1.165) is 11.1 Å². The van der Waals surface area contributed by atoms with E-state index in [1.165, 1.54) is 12.1 Å². The molecule has 0 heterocycles. The van der Waals surface area contributed by atoms with Crippen molar-refractivity contribution in [2.24, 2.45) is 0 Å². The zero-order valence-corrected chi connectivity index (χ0v) is 8.92. The van der Waals surface area contributed by atoms with E-state index in [1.54, 1.807) is 30.3 Å². The van der Waals surface area contributed by atoms with E-state index in [9.17, 15) is 9.90 Å². The highest BCUT2D eigenvalue weighted by atomic mass is 16.4. The number of carboxylic acid groups (broad SMARTS) is 1. The number of carbonyl (C=O) groups is 1. The summed E-state index contributed by atoms with van der Waals surface area (Å²) in [5.41, 5.74) is 7.94. The topological polar surface area (TPSA) is 83.6 Å². The van der Waals surface area contributed by atoms with Crippen molar-refractivity contribution in [3.8, 4) is 16.9 Å². The molecule has 86 valence electrons. The van der Waals surface area contributed by atoms with Crippen LogP contribution in [0.25, 0.3) is 11.1 Å². The van der Waals surface area contributed by atoms with E-state index in [2.05, 4.69) is 0 Å². The highest BCUT2D eigenvalue weighted by Gasteiger charge is 2.07. The number of nitrogen functional groups attached to an aromatic ring is 1. The number of hydrogen-bond donors (Lipinski definition) is 3. The van der Waals surface area contributed by atoms with Crippen molar-refractivity contribution < 1.29 is 15.0 Å². The van der Waals surface area contributed by atoms with Gasteiger partial charge in [0.05, 0.1) is 5.56 Å². The summed E-state index contributed by atoms with van der Waals surface area (Å²) in [6, 6.07) is 11.1. The van der Waals surface area contributed by atoms with Crippen LogP contribution in [-0.4, -0.2) is 16.2 Å². The molecule has 0 radical (unpaired) electrons. The van der Waals surface area contributed by atoms with E-state index in [4.69, 9.17) is 10.8 Å². The summed E-state index contributed by atoms with van der Waals surface area (Å²) in [6.45, 7) is 0. The van der Waals surface area contributed by atoms with E-state index in [0.29, 0.717) is 5.69 Å². The zero-order valence-electron chi connectivity index (χ0n) is 8.92. The van der Waals surface area contributed by atoms with Crippen LogP contribution in [0.2, 0.25) is 0 Å². The molecule has 0 spiro atoms. The van der Waals surface area contributed by atoms with Crippen molar-refractivity contribution in [3.63, 3.8) is 0 Å². The molecule has 0 amide bonds. The molecule has 0 saturated heterocycles. The van der Waals surface area contributed by atoms with Crippen LogP contribution in [0.4, 0.5) is 5.69 Å². The first-order chi connectivity index (χ1) is 8.08. The number of carboxylic acids is 1. The lowest BCUT2D eigenvalue weighted by Crippen LogP contribution is -1.99. The first-order valence-electron chi connectivity index (χ1n) is 5.00. The number of anilines is 1. The average Bonchev–Trinajstić information content (AvgIpc) is 2.30. The van der Waals surface area contributed by atoms with Crippen LogP contribution < -0.4 is 5.73 Å². The summed E-state index contributed by atoms with van der Waals surface area (Å²) >= 11 is 0. The molecular formula is C13H11NO3. The highest BCUT2D eigenvalue weighted by molar-refractivity contribution is 5.91. The number of rotatable bonds is 2. The third-order valence-electron chi connectivity index (χ3n) is 2.48. The van der Waals surface area contributed by atoms with Gasteiger partial charge >= 0.3 is 5.97 Å². The molecule has 0 aromatic heterocycles. The predicted octanol–water partition coefficient (Wildman–Crippen LogP) is 2.34. The number of aromatic carboxylic acids is 1. The van der Waals surface area contributed by atoms with Crippen LogP contribution in [0.15, 0.2) is 42.5 Å². The van der Waals surface area contributed by atoms with Crippen molar-refractivity contribution >= 4 is 11.7 Å². The van der Waals surface area contributed by atoms with Gasteiger partial charge in [0.15, 0.2) is 0 Å². The number of aromatic hydroxyl groups is 1. The molecule has 0 unspecified atom stereocenters. The number of hydrogen-bond acceptors (Lipinski definition) is 3. The summed E-state index contributed by atoms with van der Waals surface area (Å²) in [7, 11) is 0. The molecule has 0 aliphatic heterocycles. The summed E-state index contributed by atoms with van der Waals surface area (Å²) in [4.78, 5) is 10.8. The Hall–Kier alpha value is -2.49. The lowest BCUT2D eigenvalue weighted by atomic mass is 10.0. The number of phenolic OH excluding ortho intramolecular Hbond substituents is 1. The second-order valence-corrected chi connectivity index (χ2v) is 3.65. The molecular weight excluding hydrogens is 218 g/mol. The van der Waals surface area contributed by atoms with Crippen LogP contribution in [0.5, 0.6) is 5.75 Å². The molecule has 2 aromatic carbocycles. The van der Waals surface area contributed by atoms with Crippen molar-refractivity contribution in [2.75, 3.05) is 5.73 Å². The first kappa shape index (κ1) is 11.0. The van der Waals surface area contributed by atoms with Gasteiger partial charge in [-0.25, -0.2) is 4.79 Å². The molecule has 17 heavy (non-hydrogen) atoms. The van der Waals surface area contributed by atoms with Crippen molar-refractivity contribution in [1.29, 1.82) is 0 Å². The second kappa shape index (κ2) is 4.17. The Kier molecular flexibility index (Phi) is 2.70. The van der Waals surface area contributed by atoms with Crippen molar-refractivity contribution in [2.45, 2.75) is 0 Å². The van der Waals surface area contributed by atoms with Gasteiger partial charge in [-0.1, -0.05) is 18.2 Å². The summed E-state index contributed by atoms with van der Waals surface area (Å²) in [6.07, 6.45) is 0. The molecule has 0 bridgehead atoms. The third-order valence-corrected chi connectivity index (χ3v) is 2.48. The van der Waals surface area contributed by atoms with E-state index in [1.807, 2.05) is 0 Å². The lowest BCUT2D eigenvalue weighted by molar-refractivity contribution is 0.0697. The molecule has 4 N–H and O–H groups in total. The first-order valence-corrected chi connectivity index (χ1v) is 5.00. The minimum absolute atomic E-state index is 0.157. The standard InChI is InChI=1S/C13H11NO3/c14-12-7-9(13(16)17)3-6-11(12)8-1-4-10(15)5-2-8/h1-7,15H,14H2,(H,16,17). The minimum Gasteiger partial charge on any atom is -0.508 e. The Balaban J connectivity index is 2.46. The molecule has 0 aliphatic carbocycles. The minimum atomic E-state index is -1.01. The average molecular weight is 229 g/mol. The molecule has 0 fully saturated rings. The normalized spacial score (nSPS) is 10.1. The fraction of sp³-hybridized carbons (Fsp3) is 0. The Bertz CT molecular complexity index is 561. The maximum atomic E-state index is 10.8. The van der Waals surface area contributed by atoms with Crippen LogP contribution in [0.3, 0.4) is 0 Å². The Morgan fingerprint density at radius 3 is 2.24 bits per heavy atom. The van der Waals surface area contributed by atoms with Gasteiger partial charge in [0.1, 0.15) is 5.75 Å². The van der Waals surface area contributed by atoms with E-state index < -0.39 is 5.97 Å².